The first-order valence-electron chi connectivity index (χ1n) is 7.45. The van der Waals surface area contributed by atoms with Crippen LogP contribution in [0.3, 0.4) is 0 Å². The summed E-state index contributed by atoms with van der Waals surface area (Å²) >= 11 is 5.94. The molecule has 2 aromatic heterocycles. The number of halogens is 3. The number of anilines is 1. The Morgan fingerprint density at radius 1 is 1.40 bits per heavy atom. The van der Waals surface area contributed by atoms with Crippen LogP contribution in [-0.2, 0) is 13.0 Å². The van der Waals surface area contributed by atoms with Crippen LogP contribution in [0.2, 0.25) is 5.28 Å². The molecule has 6 nitrogen and oxygen atoms in total. The van der Waals surface area contributed by atoms with Gasteiger partial charge in [0, 0.05) is 12.6 Å². The highest BCUT2D eigenvalue weighted by Crippen LogP contribution is 2.30. The highest BCUT2D eigenvalue weighted by Gasteiger charge is 2.30. The molecule has 1 atom stereocenters. The fraction of sp³-hybridized carbons (Fsp3) is 0.312. The number of imidazole rings is 1. The van der Waals surface area contributed by atoms with E-state index >= 15 is 0 Å². The number of nitrogens with zero attached hydrogens (tertiary/aromatic N) is 4. The van der Waals surface area contributed by atoms with Gasteiger partial charge >= 0.3 is 0 Å². The van der Waals surface area contributed by atoms with Gasteiger partial charge in [-0.1, -0.05) is 18.2 Å². The predicted molar refractivity (Wildman–Crippen MR) is 89.6 cm³/mol. The number of aliphatic hydroxyl groups is 1. The van der Waals surface area contributed by atoms with Crippen molar-refractivity contribution in [1.29, 1.82) is 0 Å². The predicted octanol–water partition coefficient (Wildman–Crippen LogP) is 3.07. The highest BCUT2D eigenvalue weighted by atomic mass is 35.5. The van der Waals surface area contributed by atoms with Crippen LogP contribution < -0.4 is 5.32 Å². The van der Waals surface area contributed by atoms with Gasteiger partial charge in [-0.25, -0.2) is 4.98 Å². The fourth-order valence-corrected chi connectivity index (χ4v) is 2.61. The van der Waals surface area contributed by atoms with Gasteiger partial charge in [0.25, 0.3) is 5.92 Å². The van der Waals surface area contributed by atoms with Crippen LogP contribution >= 0.6 is 11.6 Å². The van der Waals surface area contributed by atoms with E-state index in [0.717, 1.165) is 0 Å². The van der Waals surface area contributed by atoms with Crippen LogP contribution in [0.1, 0.15) is 24.1 Å². The van der Waals surface area contributed by atoms with Crippen molar-refractivity contribution in [2.24, 2.45) is 7.05 Å². The van der Waals surface area contributed by atoms with E-state index in [1.807, 2.05) is 0 Å². The topological polar surface area (TPSA) is 75.9 Å². The number of rotatable bonds is 5. The molecule has 0 aliphatic rings. The molecule has 0 bridgehead atoms. The van der Waals surface area contributed by atoms with E-state index in [2.05, 4.69) is 26.6 Å². The molecule has 9 heteroatoms. The Labute approximate surface area is 147 Å². The quantitative estimate of drug-likeness (QED) is 0.679. The Kier molecular flexibility index (Phi) is 4.57. The third-order valence-electron chi connectivity index (χ3n) is 3.83. The Morgan fingerprint density at radius 3 is 2.88 bits per heavy atom. The maximum Gasteiger partial charge on any atom is 0.295 e. The highest BCUT2D eigenvalue weighted by molar-refractivity contribution is 6.28. The summed E-state index contributed by atoms with van der Waals surface area (Å²) in [5.74, 6) is -2.91. The van der Waals surface area contributed by atoms with Gasteiger partial charge in [-0.2, -0.15) is 18.7 Å². The molecule has 3 rings (SSSR count). The molecule has 1 radical (unpaired) electrons. The molecule has 0 saturated carbocycles. The third kappa shape index (κ3) is 3.40. The number of hydrogen-bond acceptors (Lipinski definition) is 5. The lowest BCUT2D eigenvalue weighted by Gasteiger charge is -2.19. The number of fused-ring (bicyclic) bond motifs is 1. The molecule has 2 N–H and O–H groups in total. The van der Waals surface area contributed by atoms with Crippen molar-refractivity contribution in [2.45, 2.75) is 18.9 Å². The van der Waals surface area contributed by atoms with Crippen molar-refractivity contribution in [2.75, 3.05) is 11.9 Å². The molecule has 0 fully saturated rings. The van der Waals surface area contributed by atoms with Gasteiger partial charge in [0.15, 0.2) is 23.3 Å². The summed E-state index contributed by atoms with van der Waals surface area (Å²) in [6.45, 7) is 0.550. The van der Waals surface area contributed by atoms with Crippen molar-refractivity contribution in [3.63, 3.8) is 0 Å². The second-order valence-electron chi connectivity index (χ2n) is 5.64. The lowest BCUT2D eigenvalue weighted by molar-refractivity contribution is -0.0556. The Bertz CT molecular complexity index is 915. The fourth-order valence-electron chi connectivity index (χ4n) is 2.44. The average Bonchev–Trinajstić information content (AvgIpc) is 2.96. The summed E-state index contributed by atoms with van der Waals surface area (Å²) in [6, 6.07) is 5.49. The van der Waals surface area contributed by atoms with E-state index in [1.54, 1.807) is 24.6 Å². The summed E-state index contributed by atoms with van der Waals surface area (Å²) in [6.07, 6.45) is 2.73. The van der Waals surface area contributed by atoms with E-state index in [4.69, 9.17) is 16.7 Å². The molecule has 25 heavy (non-hydrogen) atoms. The molecule has 1 aromatic carbocycles. The molecule has 0 unspecified atom stereocenters. The van der Waals surface area contributed by atoms with E-state index in [9.17, 15) is 8.78 Å². The number of alkyl halides is 2. The number of benzene rings is 1. The van der Waals surface area contributed by atoms with E-state index in [0.29, 0.717) is 22.5 Å². The Hall–Kier alpha value is -2.32. The maximum atomic E-state index is 13.7. The Balaban J connectivity index is 1.93. The van der Waals surface area contributed by atoms with Crippen molar-refractivity contribution in [1.82, 2.24) is 19.5 Å². The smallest absolute Gasteiger partial charge is 0.295 e. The van der Waals surface area contributed by atoms with Gasteiger partial charge in [-0.3, -0.25) is 0 Å². The zero-order valence-electron chi connectivity index (χ0n) is 13.5. The first-order chi connectivity index (χ1) is 11.8. The number of aliphatic hydroxyl groups excluding tert-OH is 1. The number of hydrogen-bond donors (Lipinski definition) is 2. The molecule has 131 valence electrons. The van der Waals surface area contributed by atoms with Crippen LogP contribution in [0, 0.1) is 6.33 Å². The SMILES string of the molecule is C[C@@H](Nc1nc(Cl)nc2c1n[c]n2C)c1cccc(C(F)(F)CO)c1. The van der Waals surface area contributed by atoms with Crippen LogP contribution in [0.15, 0.2) is 24.3 Å². The van der Waals surface area contributed by atoms with E-state index < -0.39 is 12.5 Å². The van der Waals surface area contributed by atoms with Crippen molar-refractivity contribution < 1.29 is 13.9 Å². The standard InChI is InChI=1S/C16H15ClF2N5O/c1-9(10-4-3-5-11(6-10)16(18,19)7-25)21-13-12-14(23-15(17)22-13)24(2)8-20-12/h3-6,9,25H,7H2,1-2H3,(H,21,22,23)/t9-/m1/s1. The van der Waals surface area contributed by atoms with Gasteiger partial charge < -0.3 is 15.0 Å². The summed E-state index contributed by atoms with van der Waals surface area (Å²) < 4.78 is 29.0. The maximum absolute atomic E-state index is 13.7. The van der Waals surface area contributed by atoms with Crippen LogP contribution in [0.25, 0.3) is 11.2 Å². The minimum absolute atomic E-state index is 0.0414. The van der Waals surface area contributed by atoms with Gasteiger partial charge in [-0.15, -0.1) is 0 Å². The molecular formula is C16H15ClF2N5O. The Morgan fingerprint density at radius 2 is 2.16 bits per heavy atom. The van der Waals surface area contributed by atoms with Crippen LogP contribution in [0.4, 0.5) is 14.6 Å². The third-order valence-corrected chi connectivity index (χ3v) is 4.00. The van der Waals surface area contributed by atoms with Crippen molar-refractivity contribution in [3.8, 4) is 0 Å². The molecule has 3 aromatic rings. The lowest BCUT2D eigenvalue weighted by atomic mass is 10.0. The molecule has 0 amide bonds. The zero-order valence-corrected chi connectivity index (χ0v) is 14.2. The molecular weight excluding hydrogens is 352 g/mol. The van der Waals surface area contributed by atoms with E-state index in [1.165, 1.54) is 18.2 Å². The summed E-state index contributed by atoms with van der Waals surface area (Å²) in [5, 5.41) is 12.0. The summed E-state index contributed by atoms with van der Waals surface area (Å²) in [7, 11) is 1.73. The lowest BCUT2D eigenvalue weighted by Crippen LogP contribution is -2.19. The van der Waals surface area contributed by atoms with Gasteiger partial charge in [0.1, 0.15) is 6.61 Å². The van der Waals surface area contributed by atoms with Crippen molar-refractivity contribution >= 4 is 28.6 Å². The minimum Gasteiger partial charge on any atom is -0.390 e. The molecule has 0 aliphatic heterocycles. The largest absolute Gasteiger partial charge is 0.390 e. The number of aryl methyl sites for hydroxylation is 1. The first kappa shape index (κ1) is 17.5. The van der Waals surface area contributed by atoms with Gasteiger partial charge in [0.05, 0.1) is 6.04 Å². The average molecular weight is 367 g/mol. The van der Waals surface area contributed by atoms with E-state index in [-0.39, 0.29) is 16.9 Å². The monoisotopic (exact) mass is 366 g/mol. The van der Waals surface area contributed by atoms with Crippen molar-refractivity contribution in [3.05, 3.63) is 47.0 Å². The summed E-state index contributed by atoms with van der Waals surface area (Å²) in [4.78, 5) is 12.3. The number of aromatic nitrogens is 4. The zero-order chi connectivity index (χ0) is 18.2. The van der Waals surface area contributed by atoms with Crippen LogP contribution in [-0.4, -0.2) is 31.2 Å². The molecule has 0 spiro atoms. The molecule has 0 saturated heterocycles. The summed E-state index contributed by atoms with van der Waals surface area (Å²) in [5.41, 5.74) is 1.34. The van der Waals surface area contributed by atoms with Gasteiger partial charge in [-0.05, 0) is 30.2 Å². The van der Waals surface area contributed by atoms with Gasteiger partial charge in [0.2, 0.25) is 5.28 Å². The molecule has 0 aliphatic carbocycles. The second kappa shape index (κ2) is 6.53. The molecule has 2 heterocycles. The minimum atomic E-state index is -3.29. The normalized spacial score (nSPS) is 13.2. The first-order valence-corrected chi connectivity index (χ1v) is 7.83. The second-order valence-corrected chi connectivity index (χ2v) is 5.98. The van der Waals surface area contributed by atoms with Crippen LogP contribution in [0.5, 0.6) is 0 Å². The number of nitrogens with one attached hydrogen (secondary N) is 1.